The number of halogens is 1. The quantitative estimate of drug-likeness (QED) is 0.224. The highest BCUT2D eigenvalue weighted by Gasteiger charge is 2.37. The van der Waals surface area contributed by atoms with E-state index in [2.05, 4.69) is 28.6 Å². The molecule has 0 saturated heterocycles. The number of aromatic nitrogens is 3. The molecule has 0 amide bonds. The van der Waals surface area contributed by atoms with Gasteiger partial charge in [0.2, 0.25) is 5.82 Å². The lowest BCUT2D eigenvalue weighted by Gasteiger charge is -2.17. The van der Waals surface area contributed by atoms with Crippen LogP contribution in [0, 0.1) is 27.7 Å². The second-order valence-electron chi connectivity index (χ2n) is 9.87. The number of carbonyl (C=O) groups excluding carboxylic acids is 2. The summed E-state index contributed by atoms with van der Waals surface area (Å²) < 4.78 is 12.7. The normalized spacial score (nSPS) is 15.0. The molecule has 0 spiro atoms. The van der Waals surface area contributed by atoms with Crippen molar-refractivity contribution in [1.29, 1.82) is 0 Å². The molecule has 1 N–H and O–H groups in total. The van der Waals surface area contributed by atoms with Gasteiger partial charge in [0.05, 0.1) is 30.4 Å². The number of aromatic amines is 1. The van der Waals surface area contributed by atoms with Crippen molar-refractivity contribution in [3.05, 3.63) is 97.4 Å². The lowest BCUT2D eigenvalue weighted by Crippen LogP contribution is -2.37. The van der Waals surface area contributed by atoms with Crippen molar-refractivity contribution >= 4 is 40.6 Å². The number of esters is 2. The number of thiophene rings is 1. The average molecular weight is 578 g/mol. The number of nitrogens with zero attached hydrogens (tertiary/aromatic N) is 3. The zero-order valence-electron chi connectivity index (χ0n) is 23.2. The summed E-state index contributed by atoms with van der Waals surface area (Å²) >= 11 is 7.87. The Morgan fingerprint density at radius 1 is 1.12 bits per heavy atom. The molecule has 2 aromatic heterocycles. The van der Waals surface area contributed by atoms with Gasteiger partial charge in [-0.1, -0.05) is 29.8 Å². The summed E-state index contributed by atoms with van der Waals surface area (Å²) in [6.45, 7) is 9.83. The van der Waals surface area contributed by atoms with E-state index in [0.29, 0.717) is 16.4 Å². The van der Waals surface area contributed by atoms with Gasteiger partial charge in [0.15, 0.2) is 11.0 Å². The minimum absolute atomic E-state index is 0.00200. The fourth-order valence-electron chi connectivity index (χ4n) is 5.02. The lowest BCUT2D eigenvalue weighted by atomic mass is 9.99. The third-order valence-corrected chi connectivity index (χ3v) is 8.65. The summed E-state index contributed by atoms with van der Waals surface area (Å²) in [6, 6.07) is 12.2. The fourth-order valence-corrected chi connectivity index (χ4v) is 6.36. The second-order valence-corrected chi connectivity index (χ2v) is 11.5. The van der Waals surface area contributed by atoms with Crippen LogP contribution in [-0.4, -0.2) is 35.0 Å². The minimum atomic E-state index is -0.586. The smallest absolute Gasteiger partial charge is 0.337 e. The van der Waals surface area contributed by atoms with Crippen LogP contribution >= 0.6 is 22.9 Å². The zero-order chi connectivity index (χ0) is 28.7. The number of ether oxygens (including phenoxy) is 2. The standard InChI is InChI=1S/C30H29ClN4O4S/c1-15-13-21(30(37)38-6)9-12-23(15)17(3)39-25(36)14-24-28-34-33-19(5)35(28)29-26(16(2)18(4)40-29)27(32-24)20-7-10-22(31)11-8-20/h7-13,17,24H,14H2,1-6H3/p+1/t17-,24-/m0/s1. The van der Waals surface area contributed by atoms with E-state index in [1.807, 2.05) is 45.0 Å². The van der Waals surface area contributed by atoms with Gasteiger partial charge < -0.3 is 9.47 Å². The summed E-state index contributed by atoms with van der Waals surface area (Å²) in [5, 5.41) is 9.31. The lowest BCUT2D eigenvalue weighted by molar-refractivity contribution is -0.608. The summed E-state index contributed by atoms with van der Waals surface area (Å²) in [5.74, 6) is 0.673. The number of aliphatic imine (C=N–C) groups is 1. The Kier molecular flexibility index (Phi) is 7.61. The number of rotatable bonds is 6. The summed E-state index contributed by atoms with van der Waals surface area (Å²) in [6.07, 6.45) is -0.526. The molecule has 2 aromatic carbocycles. The maximum absolute atomic E-state index is 13.3. The number of nitrogens with one attached hydrogen (secondary N) is 1. The van der Waals surface area contributed by atoms with Gasteiger partial charge >= 0.3 is 17.8 Å². The number of benzene rings is 2. The van der Waals surface area contributed by atoms with Gasteiger partial charge in [-0.2, -0.15) is 4.57 Å². The first kappa shape index (κ1) is 27.7. The Balaban J connectivity index is 1.50. The predicted molar refractivity (Wildman–Crippen MR) is 154 cm³/mol. The van der Waals surface area contributed by atoms with Crippen LogP contribution in [-0.2, 0) is 14.3 Å². The van der Waals surface area contributed by atoms with Gasteiger partial charge in [0.1, 0.15) is 6.10 Å². The molecule has 40 heavy (non-hydrogen) atoms. The van der Waals surface area contributed by atoms with Crippen LogP contribution in [0.3, 0.4) is 0 Å². The zero-order valence-corrected chi connectivity index (χ0v) is 24.7. The summed E-state index contributed by atoms with van der Waals surface area (Å²) in [4.78, 5) is 31.6. The van der Waals surface area contributed by atoms with E-state index in [9.17, 15) is 9.59 Å². The van der Waals surface area contributed by atoms with E-state index >= 15 is 0 Å². The number of carbonyl (C=O) groups is 2. The van der Waals surface area contributed by atoms with Crippen molar-refractivity contribution in [3.8, 4) is 5.00 Å². The van der Waals surface area contributed by atoms with E-state index in [0.717, 1.165) is 44.4 Å². The van der Waals surface area contributed by atoms with E-state index in [4.69, 9.17) is 26.1 Å². The number of methoxy groups -OCH3 is 1. The molecule has 206 valence electrons. The van der Waals surface area contributed by atoms with Gasteiger partial charge in [-0.3, -0.25) is 9.79 Å². The average Bonchev–Trinajstić information content (AvgIpc) is 3.40. The van der Waals surface area contributed by atoms with Crippen molar-refractivity contribution in [1.82, 2.24) is 10.2 Å². The Morgan fingerprint density at radius 2 is 1.85 bits per heavy atom. The number of H-pyrrole nitrogens is 1. The van der Waals surface area contributed by atoms with Crippen molar-refractivity contribution in [3.63, 3.8) is 0 Å². The van der Waals surface area contributed by atoms with Gasteiger partial charge in [-0.25, -0.2) is 4.79 Å². The van der Waals surface area contributed by atoms with Crippen LogP contribution < -0.4 is 4.57 Å². The van der Waals surface area contributed by atoms with Crippen molar-refractivity contribution in [2.45, 2.75) is 53.2 Å². The van der Waals surface area contributed by atoms with Crippen molar-refractivity contribution in [2.75, 3.05) is 7.11 Å². The highest BCUT2D eigenvalue weighted by atomic mass is 35.5. The molecular formula is C30H30ClN4O4S+. The first-order chi connectivity index (χ1) is 19.1. The Hall–Kier alpha value is -3.82. The Labute approximate surface area is 241 Å². The van der Waals surface area contributed by atoms with E-state index in [1.165, 1.54) is 12.0 Å². The topological polar surface area (TPSA) is 97.5 Å². The molecule has 0 saturated carbocycles. The van der Waals surface area contributed by atoms with E-state index in [1.54, 1.807) is 29.5 Å². The molecule has 10 heteroatoms. The maximum Gasteiger partial charge on any atom is 0.337 e. The van der Waals surface area contributed by atoms with Gasteiger partial charge in [0.25, 0.3) is 0 Å². The molecule has 1 aliphatic rings. The van der Waals surface area contributed by atoms with Gasteiger partial charge in [-0.05, 0) is 68.7 Å². The molecule has 8 nitrogen and oxygen atoms in total. The SMILES string of the molecule is COC(=O)c1ccc([C@H](C)OC(=O)C[C@@H]2N=C(c3ccc(Cl)cc3)c3c(sc(C)c3C)-[n+]3c2n[nH]c3C)c(C)c1. The molecule has 0 unspecified atom stereocenters. The molecule has 0 bridgehead atoms. The van der Waals surface area contributed by atoms with Gasteiger partial charge in [0, 0.05) is 27.5 Å². The van der Waals surface area contributed by atoms with Gasteiger partial charge in [-0.15, -0.1) is 16.4 Å². The van der Waals surface area contributed by atoms with E-state index < -0.39 is 24.1 Å². The van der Waals surface area contributed by atoms with E-state index in [-0.39, 0.29) is 6.42 Å². The molecule has 2 atom stereocenters. The van der Waals surface area contributed by atoms with Crippen LogP contribution in [0.2, 0.25) is 5.02 Å². The predicted octanol–water partition coefficient (Wildman–Crippen LogP) is 6.01. The van der Waals surface area contributed by atoms with Crippen LogP contribution in [0.1, 0.15) is 80.2 Å². The van der Waals surface area contributed by atoms with Crippen LogP contribution in [0.5, 0.6) is 0 Å². The number of hydrogen-bond acceptors (Lipinski definition) is 7. The highest BCUT2D eigenvalue weighted by Crippen LogP contribution is 2.36. The first-order valence-corrected chi connectivity index (χ1v) is 14.1. The molecule has 4 aromatic rings. The third kappa shape index (κ3) is 5.07. The fraction of sp³-hybridized carbons (Fsp3) is 0.300. The Bertz CT molecular complexity index is 1650. The highest BCUT2D eigenvalue weighted by molar-refractivity contribution is 7.14. The molecular weight excluding hydrogens is 548 g/mol. The number of aryl methyl sites for hydroxylation is 3. The molecule has 5 rings (SSSR count). The molecule has 0 aliphatic carbocycles. The number of hydrogen-bond donors (Lipinski definition) is 1. The molecule has 0 fully saturated rings. The maximum atomic E-state index is 13.3. The number of fused-ring (bicyclic) bond motifs is 3. The monoisotopic (exact) mass is 577 g/mol. The molecule has 1 aliphatic heterocycles. The largest absolute Gasteiger partial charge is 0.465 e. The Morgan fingerprint density at radius 3 is 2.52 bits per heavy atom. The third-order valence-electron chi connectivity index (χ3n) is 7.20. The van der Waals surface area contributed by atoms with Crippen molar-refractivity contribution < 1.29 is 23.6 Å². The minimum Gasteiger partial charge on any atom is -0.465 e. The van der Waals surface area contributed by atoms with Crippen LogP contribution in [0.4, 0.5) is 0 Å². The first-order valence-electron chi connectivity index (χ1n) is 12.9. The molecule has 0 radical (unpaired) electrons. The summed E-state index contributed by atoms with van der Waals surface area (Å²) in [7, 11) is 1.34. The van der Waals surface area contributed by atoms with Crippen molar-refractivity contribution in [2.24, 2.45) is 4.99 Å². The molecule has 3 heterocycles. The van der Waals surface area contributed by atoms with Crippen LogP contribution in [0.15, 0.2) is 47.5 Å². The summed E-state index contributed by atoms with van der Waals surface area (Å²) in [5.41, 5.74) is 5.94. The van der Waals surface area contributed by atoms with Crippen LogP contribution in [0.25, 0.3) is 5.00 Å². The second kappa shape index (κ2) is 11.0.